The van der Waals surface area contributed by atoms with Crippen molar-refractivity contribution in [2.24, 2.45) is 0 Å². The number of amides is 1. The van der Waals surface area contributed by atoms with Crippen molar-refractivity contribution < 1.29 is 29.0 Å². The molecule has 0 bridgehead atoms. The van der Waals surface area contributed by atoms with Crippen molar-refractivity contribution in [2.45, 2.75) is 50.0 Å². The summed E-state index contributed by atoms with van der Waals surface area (Å²) in [4.78, 5) is 42.0. The van der Waals surface area contributed by atoms with Crippen molar-refractivity contribution in [1.29, 1.82) is 0 Å². The van der Waals surface area contributed by atoms with Gasteiger partial charge in [0.2, 0.25) is 11.6 Å². The van der Waals surface area contributed by atoms with E-state index in [9.17, 15) is 19.5 Å². The van der Waals surface area contributed by atoms with Crippen molar-refractivity contribution in [3.8, 4) is 0 Å². The molecule has 10 heteroatoms. The van der Waals surface area contributed by atoms with Crippen LogP contribution in [0.25, 0.3) is 0 Å². The zero-order chi connectivity index (χ0) is 23.6. The van der Waals surface area contributed by atoms with Gasteiger partial charge in [-0.05, 0) is 49.9 Å². The summed E-state index contributed by atoms with van der Waals surface area (Å²) >= 11 is 12.1. The van der Waals surface area contributed by atoms with Gasteiger partial charge in [-0.25, -0.2) is 9.59 Å². The number of aliphatic hydroxyl groups is 1. The Morgan fingerprint density at radius 2 is 1.85 bits per heavy atom. The van der Waals surface area contributed by atoms with Crippen molar-refractivity contribution in [3.63, 3.8) is 0 Å². The van der Waals surface area contributed by atoms with E-state index in [2.05, 4.69) is 0 Å². The first-order chi connectivity index (χ1) is 15.8. The standard InChI is InChI=1S/C23H26Cl2N2O6/c24-17-6-5-15(11-18(17)25)12-20(29)27-10-2-4-19-23(27,14-26-9-1-3-16(26)13-28)33-22(31)8-7-21(30)32-19/h5-8,11,16,19,28H,1-4,9-10,12-14H2/b8-7-. The number of likely N-dealkylation sites (tertiary alicyclic amines) is 2. The molecule has 3 aliphatic heterocycles. The zero-order valence-corrected chi connectivity index (χ0v) is 19.6. The minimum atomic E-state index is -1.50. The van der Waals surface area contributed by atoms with E-state index in [-0.39, 0.29) is 31.5 Å². The van der Waals surface area contributed by atoms with Gasteiger partial charge < -0.3 is 14.6 Å². The molecule has 1 amide bonds. The average Bonchev–Trinajstić information content (AvgIpc) is 3.22. The SMILES string of the molecule is O=C1/C=C\C(=O)OC2(CN3CCCC3CO)C(CCCN2C(=O)Cc2ccc(Cl)c(Cl)c2)O1. The first kappa shape index (κ1) is 24.0. The smallest absolute Gasteiger partial charge is 0.333 e. The van der Waals surface area contributed by atoms with Gasteiger partial charge in [-0.1, -0.05) is 29.3 Å². The number of piperidine rings is 1. The van der Waals surface area contributed by atoms with E-state index in [4.69, 9.17) is 32.7 Å². The van der Waals surface area contributed by atoms with Gasteiger partial charge in [0, 0.05) is 24.7 Å². The number of benzene rings is 1. The second kappa shape index (κ2) is 10.0. The number of hydrogen-bond donors (Lipinski definition) is 1. The highest BCUT2D eigenvalue weighted by molar-refractivity contribution is 6.42. The fraction of sp³-hybridized carbons (Fsp3) is 0.522. The summed E-state index contributed by atoms with van der Waals surface area (Å²) in [5, 5.41) is 10.6. The average molecular weight is 497 g/mol. The van der Waals surface area contributed by atoms with Crippen LogP contribution in [0.3, 0.4) is 0 Å². The number of fused-ring (bicyclic) bond motifs is 1. The maximum absolute atomic E-state index is 13.6. The van der Waals surface area contributed by atoms with Crippen LogP contribution in [0.2, 0.25) is 10.0 Å². The molecule has 178 valence electrons. The number of esters is 2. The number of carbonyl (C=O) groups is 3. The van der Waals surface area contributed by atoms with E-state index in [0.717, 1.165) is 25.0 Å². The number of aliphatic hydroxyl groups excluding tert-OH is 1. The largest absolute Gasteiger partial charge is 0.453 e. The van der Waals surface area contributed by atoms with Crippen molar-refractivity contribution >= 4 is 41.0 Å². The third-order valence-electron chi connectivity index (χ3n) is 6.48. The van der Waals surface area contributed by atoms with Crippen LogP contribution in [-0.4, -0.2) is 76.9 Å². The van der Waals surface area contributed by atoms with Gasteiger partial charge in [-0.3, -0.25) is 14.6 Å². The summed E-state index contributed by atoms with van der Waals surface area (Å²) in [6.07, 6.45) is 3.93. The first-order valence-corrected chi connectivity index (χ1v) is 11.8. The van der Waals surface area contributed by atoms with E-state index in [1.807, 2.05) is 4.90 Å². The summed E-state index contributed by atoms with van der Waals surface area (Å²) in [6.45, 7) is 1.10. The lowest BCUT2D eigenvalue weighted by atomic mass is 9.91. The monoisotopic (exact) mass is 496 g/mol. The van der Waals surface area contributed by atoms with Gasteiger partial charge in [0.25, 0.3) is 0 Å². The molecule has 2 fully saturated rings. The fourth-order valence-electron chi connectivity index (χ4n) is 4.89. The van der Waals surface area contributed by atoms with Gasteiger partial charge in [0.05, 0.1) is 29.6 Å². The number of carbonyl (C=O) groups excluding carboxylic acids is 3. The molecule has 1 N–H and O–H groups in total. The second-order valence-corrected chi connectivity index (χ2v) is 9.40. The molecule has 8 nitrogen and oxygen atoms in total. The topological polar surface area (TPSA) is 96.4 Å². The van der Waals surface area contributed by atoms with Gasteiger partial charge >= 0.3 is 11.9 Å². The minimum Gasteiger partial charge on any atom is -0.453 e. The first-order valence-electron chi connectivity index (χ1n) is 11.0. The summed E-state index contributed by atoms with van der Waals surface area (Å²) in [5.41, 5.74) is -0.837. The molecule has 0 saturated carbocycles. The Morgan fingerprint density at radius 3 is 2.61 bits per heavy atom. The van der Waals surface area contributed by atoms with Crippen molar-refractivity contribution in [2.75, 3.05) is 26.2 Å². The Balaban J connectivity index is 1.70. The second-order valence-electron chi connectivity index (χ2n) is 8.59. The van der Waals surface area contributed by atoms with Crippen LogP contribution < -0.4 is 0 Å². The van der Waals surface area contributed by atoms with Crippen LogP contribution in [0.15, 0.2) is 30.4 Å². The Labute approximate surface area is 202 Å². The summed E-state index contributed by atoms with van der Waals surface area (Å²) < 4.78 is 11.6. The summed E-state index contributed by atoms with van der Waals surface area (Å²) in [7, 11) is 0. The fourth-order valence-corrected chi connectivity index (χ4v) is 5.22. The van der Waals surface area contributed by atoms with Crippen LogP contribution in [0.5, 0.6) is 0 Å². The van der Waals surface area contributed by atoms with Crippen LogP contribution in [-0.2, 0) is 30.3 Å². The Morgan fingerprint density at radius 1 is 1.09 bits per heavy atom. The highest BCUT2D eigenvalue weighted by atomic mass is 35.5. The highest BCUT2D eigenvalue weighted by Gasteiger charge is 2.55. The van der Waals surface area contributed by atoms with E-state index in [1.54, 1.807) is 18.2 Å². The number of hydrogen-bond acceptors (Lipinski definition) is 7. The molecule has 3 heterocycles. The minimum absolute atomic E-state index is 0.0100. The molecule has 1 aromatic carbocycles. The zero-order valence-electron chi connectivity index (χ0n) is 18.0. The van der Waals surface area contributed by atoms with E-state index < -0.39 is 23.8 Å². The molecule has 0 spiro atoms. The van der Waals surface area contributed by atoms with Crippen molar-refractivity contribution in [1.82, 2.24) is 9.80 Å². The van der Waals surface area contributed by atoms with Crippen LogP contribution >= 0.6 is 23.2 Å². The van der Waals surface area contributed by atoms with E-state index in [1.165, 1.54) is 4.90 Å². The Hall–Kier alpha value is -2.13. The van der Waals surface area contributed by atoms with Gasteiger partial charge in [-0.2, -0.15) is 0 Å². The highest BCUT2D eigenvalue weighted by Crippen LogP contribution is 2.37. The molecule has 0 aliphatic carbocycles. The van der Waals surface area contributed by atoms with Crippen LogP contribution in [0.4, 0.5) is 0 Å². The third kappa shape index (κ3) is 5.04. The van der Waals surface area contributed by atoms with Gasteiger partial charge in [-0.15, -0.1) is 0 Å². The maximum atomic E-state index is 13.6. The molecule has 0 aromatic heterocycles. The van der Waals surface area contributed by atoms with E-state index >= 15 is 0 Å². The number of nitrogens with zero attached hydrogens (tertiary/aromatic N) is 2. The molecule has 3 atom stereocenters. The quantitative estimate of drug-likeness (QED) is 0.624. The molecule has 0 radical (unpaired) electrons. The summed E-state index contributed by atoms with van der Waals surface area (Å²) in [6, 6.07) is 4.85. The van der Waals surface area contributed by atoms with E-state index in [0.29, 0.717) is 41.5 Å². The lowest BCUT2D eigenvalue weighted by Gasteiger charge is -2.51. The predicted molar refractivity (Wildman–Crippen MR) is 121 cm³/mol. The molecular formula is C23H26Cl2N2O6. The third-order valence-corrected chi connectivity index (χ3v) is 7.22. The summed E-state index contributed by atoms with van der Waals surface area (Å²) in [5.74, 6) is -1.66. The Kier molecular flexibility index (Phi) is 7.28. The lowest BCUT2D eigenvalue weighted by Crippen LogP contribution is -2.70. The molecular weight excluding hydrogens is 471 g/mol. The maximum Gasteiger partial charge on any atom is 0.333 e. The molecule has 33 heavy (non-hydrogen) atoms. The molecule has 3 unspecified atom stereocenters. The van der Waals surface area contributed by atoms with Gasteiger partial charge in [0.1, 0.15) is 0 Å². The molecule has 1 aromatic rings. The normalized spacial score (nSPS) is 29.0. The number of rotatable bonds is 5. The molecule has 4 rings (SSSR count). The number of halogens is 2. The Bertz CT molecular complexity index is 970. The predicted octanol–water partition coefficient (Wildman–Crippen LogP) is 2.34. The number of ether oxygens (including phenoxy) is 2. The lowest BCUT2D eigenvalue weighted by molar-refractivity contribution is -0.237. The van der Waals surface area contributed by atoms with Gasteiger partial charge in [0.15, 0.2) is 6.10 Å². The molecule has 3 aliphatic rings. The molecule has 2 saturated heterocycles. The van der Waals surface area contributed by atoms with Crippen LogP contribution in [0.1, 0.15) is 31.2 Å². The van der Waals surface area contributed by atoms with Crippen LogP contribution in [0, 0.1) is 0 Å². The van der Waals surface area contributed by atoms with Crippen molar-refractivity contribution in [3.05, 3.63) is 46.0 Å².